The maximum atomic E-state index is 13.0. The quantitative estimate of drug-likeness (QED) is 0.845. The minimum atomic E-state index is -3.53. The van der Waals surface area contributed by atoms with E-state index in [-0.39, 0.29) is 6.04 Å². The molecule has 0 aromatic heterocycles. The molecule has 1 aliphatic heterocycles. The minimum absolute atomic E-state index is 0.221. The van der Waals surface area contributed by atoms with Gasteiger partial charge in [-0.2, -0.15) is 4.31 Å². The van der Waals surface area contributed by atoms with E-state index in [1.807, 2.05) is 49.4 Å². The van der Waals surface area contributed by atoms with Crippen molar-refractivity contribution in [3.8, 4) is 0 Å². The average Bonchev–Trinajstić information content (AvgIpc) is 2.68. The molecule has 5 nitrogen and oxygen atoms in total. The normalized spacial score (nSPS) is 17.3. The Balaban J connectivity index is 1.72. The van der Waals surface area contributed by atoms with Crippen molar-refractivity contribution in [3.63, 3.8) is 0 Å². The highest BCUT2D eigenvalue weighted by Gasteiger charge is 2.26. The number of rotatable bonds is 6. The fraction of sp³-hybridized carbons (Fsp3) is 0.400. The first-order valence-corrected chi connectivity index (χ1v) is 10.5. The third kappa shape index (κ3) is 4.32. The molecular formula is C20H27N3O2S. The zero-order valence-electron chi connectivity index (χ0n) is 15.4. The molecule has 1 fully saturated rings. The zero-order valence-corrected chi connectivity index (χ0v) is 16.2. The summed E-state index contributed by atoms with van der Waals surface area (Å²) < 4.78 is 27.3. The molecule has 6 heteroatoms. The molecule has 1 heterocycles. The zero-order chi connectivity index (χ0) is 18.6. The highest BCUT2D eigenvalue weighted by molar-refractivity contribution is 7.89. The average molecular weight is 374 g/mol. The van der Waals surface area contributed by atoms with Crippen LogP contribution in [-0.4, -0.2) is 50.8 Å². The lowest BCUT2D eigenvalue weighted by atomic mass is 10.1. The van der Waals surface area contributed by atoms with Crippen LogP contribution >= 0.6 is 0 Å². The van der Waals surface area contributed by atoms with Crippen LogP contribution in [0.1, 0.15) is 24.1 Å². The van der Waals surface area contributed by atoms with E-state index in [0.29, 0.717) is 4.90 Å². The number of hydrogen-bond acceptors (Lipinski definition) is 4. The summed E-state index contributed by atoms with van der Waals surface area (Å²) >= 11 is 0. The van der Waals surface area contributed by atoms with E-state index < -0.39 is 10.0 Å². The summed E-state index contributed by atoms with van der Waals surface area (Å²) in [5.41, 5.74) is 2.12. The fourth-order valence-electron chi connectivity index (χ4n) is 3.21. The summed E-state index contributed by atoms with van der Waals surface area (Å²) in [7, 11) is -1.89. The van der Waals surface area contributed by atoms with E-state index in [1.165, 1.54) is 4.31 Å². The molecule has 3 rings (SSSR count). The maximum absolute atomic E-state index is 13.0. The Kier molecular flexibility index (Phi) is 6.09. The molecule has 26 heavy (non-hydrogen) atoms. The van der Waals surface area contributed by atoms with Gasteiger partial charge in [-0.3, -0.25) is 4.90 Å². The Bertz CT molecular complexity index is 801. The number of sulfonamides is 1. The van der Waals surface area contributed by atoms with Crippen LogP contribution in [0, 0.1) is 0 Å². The van der Waals surface area contributed by atoms with Crippen molar-refractivity contribution in [1.29, 1.82) is 0 Å². The number of nitrogens with zero attached hydrogens (tertiary/aromatic N) is 2. The lowest BCUT2D eigenvalue weighted by Gasteiger charge is -2.27. The summed E-state index contributed by atoms with van der Waals surface area (Å²) in [5.74, 6) is 0. The highest BCUT2D eigenvalue weighted by atomic mass is 32.2. The molecule has 2 aromatic carbocycles. The smallest absolute Gasteiger partial charge is 0.243 e. The van der Waals surface area contributed by atoms with Gasteiger partial charge in [-0.25, -0.2) is 8.42 Å². The second-order valence-corrected chi connectivity index (χ2v) is 8.78. The molecule has 1 N–H and O–H groups in total. The van der Waals surface area contributed by atoms with Gasteiger partial charge in [0.15, 0.2) is 0 Å². The summed E-state index contributed by atoms with van der Waals surface area (Å²) in [4.78, 5) is 2.72. The van der Waals surface area contributed by atoms with E-state index in [1.54, 1.807) is 19.2 Å². The molecular weight excluding hydrogens is 346 g/mol. The van der Waals surface area contributed by atoms with Crippen molar-refractivity contribution in [1.82, 2.24) is 14.5 Å². The SMILES string of the molecule is C[C@@H](c1ccccc1)N(C)S(=O)(=O)c1ccc(CN2CCNCC2)cc1. The van der Waals surface area contributed by atoms with Gasteiger partial charge in [0.05, 0.1) is 4.90 Å². The van der Waals surface area contributed by atoms with Crippen LogP contribution in [0.4, 0.5) is 0 Å². The Hall–Kier alpha value is -1.73. The van der Waals surface area contributed by atoms with Gasteiger partial charge < -0.3 is 5.32 Å². The maximum Gasteiger partial charge on any atom is 0.243 e. The van der Waals surface area contributed by atoms with E-state index in [9.17, 15) is 8.42 Å². The van der Waals surface area contributed by atoms with Crippen LogP contribution in [0.5, 0.6) is 0 Å². The molecule has 1 saturated heterocycles. The van der Waals surface area contributed by atoms with Gasteiger partial charge >= 0.3 is 0 Å². The van der Waals surface area contributed by atoms with Crippen LogP contribution < -0.4 is 5.32 Å². The van der Waals surface area contributed by atoms with Gasteiger partial charge in [0.2, 0.25) is 10.0 Å². The molecule has 0 amide bonds. The molecule has 2 aromatic rings. The third-order valence-electron chi connectivity index (χ3n) is 5.04. The van der Waals surface area contributed by atoms with Crippen molar-refractivity contribution < 1.29 is 8.42 Å². The second kappa shape index (κ2) is 8.31. The Morgan fingerprint density at radius 3 is 2.27 bits per heavy atom. The molecule has 1 aliphatic rings. The summed E-state index contributed by atoms with van der Waals surface area (Å²) in [6.45, 7) is 6.84. The first-order chi connectivity index (χ1) is 12.5. The van der Waals surface area contributed by atoms with Gasteiger partial charge in [0, 0.05) is 45.8 Å². The molecule has 140 valence electrons. The van der Waals surface area contributed by atoms with Gasteiger partial charge in [-0.05, 0) is 30.2 Å². The monoisotopic (exact) mass is 373 g/mol. The summed E-state index contributed by atoms with van der Waals surface area (Å²) in [5, 5.41) is 3.34. The molecule has 1 atom stereocenters. The predicted molar refractivity (Wildman–Crippen MR) is 104 cm³/mol. The number of benzene rings is 2. The third-order valence-corrected chi connectivity index (χ3v) is 6.99. The van der Waals surface area contributed by atoms with Crippen LogP contribution in [0.15, 0.2) is 59.5 Å². The van der Waals surface area contributed by atoms with Crippen molar-refractivity contribution >= 4 is 10.0 Å². The van der Waals surface area contributed by atoms with Crippen LogP contribution in [0.25, 0.3) is 0 Å². The topological polar surface area (TPSA) is 52.7 Å². The van der Waals surface area contributed by atoms with Gasteiger partial charge in [0.25, 0.3) is 0 Å². The van der Waals surface area contributed by atoms with Crippen LogP contribution in [0.2, 0.25) is 0 Å². The molecule has 0 saturated carbocycles. The van der Waals surface area contributed by atoms with E-state index in [0.717, 1.165) is 43.9 Å². The van der Waals surface area contributed by atoms with Crippen LogP contribution in [-0.2, 0) is 16.6 Å². The Morgan fingerprint density at radius 2 is 1.65 bits per heavy atom. The summed E-state index contributed by atoms with van der Waals surface area (Å²) in [6.07, 6.45) is 0. The largest absolute Gasteiger partial charge is 0.314 e. The van der Waals surface area contributed by atoms with Crippen molar-refractivity contribution in [2.75, 3.05) is 33.2 Å². The molecule has 0 bridgehead atoms. The number of piperazine rings is 1. The predicted octanol–water partition coefficient (Wildman–Crippen LogP) is 2.47. The first kappa shape index (κ1) is 19.0. The lowest BCUT2D eigenvalue weighted by Crippen LogP contribution is -2.42. The summed E-state index contributed by atoms with van der Waals surface area (Å²) in [6, 6.07) is 16.8. The first-order valence-electron chi connectivity index (χ1n) is 9.03. The Morgan fingerprint density at radius 1 is 1.04 bits per heavy atom. The Labute approximate surface area is 156 Å². The van der Waals surface area contributed by atoms with E-state index >= 15 is 0 Å². The molecule has 0 radical (unpaired) electrons. The highest BCUT2D eigenvalue weighted by Crippen LogP contribution is 2.25. The van der Waals surface area contributed by atoms with Gasteiger partial charge in [0.1, 0.15) is 0 Å². The second-order valence-electron chi connectivity index (χ2n) is 6.78. The molecule has 0 unspecified atom stereocenters. The van der Waals surface area contributed by atoms with Crippen molar-refractivity contribution in [3.05, 3.63) is 65.7 Å². The molecule has 0 spiro atoms. The van der Waals surface area contributed by atoms with Gasteiger partial charge in [-0.15, -0.1) is 0 Å². The minimum Gasteiger partial charge on any atom is -0.314 e. The van der Waals surface area contributed by atoms with Gasteiger partial charge in [-0.1, -0.05) is 42.5 Å². The standard InChI is InChI=1S/C20H27N3O2S/c1-17(19-6-4-3-5-7-19)22(2)26(24,25)20-10-8-18(9-11-20)16-23-14-12-21-13-15-23/h3-11,17,21H,12-16H2,1-2H3/t17-/m0/s1. The van der Waals surface area contributed by atoms with Crippen molar-refractivity contribution in [2.24, 2.45) is 0 Å². The number of hydrogen-bond donors (Lipinski definition) is 1. The van der Waals surface area contributed by atoms with Crippen molar-refractivity contribution in [2.45, 2.75) is 24.4 Å². The fourth-order valence-corrected chi connectivity index (χ4v) is 4.56. The lowest BCUT2D eigenvalue weighted by molar-refractivity contribution is 0.233. The van der Waals surface area contributed by atoms with E-state index in [2.05, 4.69) is 10.2 Å². The molecule has 0 aliphatic carbocycles. The number of nitrogens with one attached hydrogen (secondary N) is 1. The van der Waals surface area contributed by atoms with E-state index in [4.69, 9.17) is 0 Å². The van der Waals surface area contributed by atoms with Crippen LogP contribution in [0.3, 0.4) is 0 Å².